The molecule has 25 heavy (non-hydrogen) atoms. The zero-order valence-corrected chi connectivity index (χ0v) is 16.9. The zero-order valence-electron chi connectivity index (χ0n) is 16.9. The van der Waals surface area contributed by atoms with Gasteiger partial charge in [0.2, 0.25) is 0 Å². The summed E-state index contributed by atoms with van der Waals surface area (Å²) in [7, 11) is 0. The Morgan fingerprint density at radius 2 is 1.52 bits per heavy atom. The third-order valence-corrected chi connectivity index (χ3v) is 4.75. The molecule has 0 fully saturated rings. The molecule has 2 nitrogen and oxygen atoms in total. The van der Waals surface area contributed by atoms with E-state index >= 15 is 0 Å². The van der Waals surface area contributed by atoms with Crippen LogP contribution in [0.1, 0.15) is 104 Å². The fourth-order valence-electron chi connectivity index (χ4n) is 3.29. The standard InChI is InChI=1S/C23H42O2/c1-4-7-8-9-12-15-19-22(18-5-2)20-16-13-10-11-14-17-21-25-23(24)6-3/h6-8,22H,3-5,9-21H2,1-2H3. The molecule has 0 saturated heterocycles. The van der Waals surface area contributed by atoms with Gasteiger partial charge in [0.15, 0.2) is 0 Å². The van der Waals surface area contributed by atoms with Crippen molar-refractivity contribution >= 4 is 5.97 Å². The van der Waals surface area contributed by atoms with Gasteiger partial charge in [-0.3, -0.25) is 0 Å². The normalized spacial score (nSPS) is 12.4. The summed E-state index contributed by atoms with van der Waals surface area (Å²) < 4.78 is 4.98. The molecular formula is C23H42O2. The molecule has 0 aliphatic rings. The van der Waals surface area contributed by atoms with E-state index < -0.39 is 0 Å². The van der Waals surface area contributed by atoms with Crippen LogP contribution in [0.15, 0.2) is 24.8 Å². The minimum atomic E-state index is -0.302. The molecule has 146 valence electrons. The van der Waals surface area contributed by atoms with E-state index in [1.807, 2.05) is 0 Å². The zero-order chi connectivity index (χ0) is 18.6. The highest BCUT2D eigenvalue weighted by molar-refractivity contribution is 5.81. The lowest BCUT2D eigenvalue weighted by atomic mass is 9.91. The van der Waals surface area contributed by atoms with Crippen LogP contribution in [0.4, 0.5) is 0 Å². The van der Waals surface area contributed by atoms with Gasteiger partial charge in [0.1, 0.15) is 0 Å². The lowest BCUT2D eigenvalue weighted by molar-refractivity contribution is -0.137. The molecule has 0 radical (unpaired) electrons. The minimum absolute atomic E-state index is 0.302. The van der Waals surface area contributed by atoms with Gasteiger partial charge in [-0.2, -0.15) is 0 Å². The number of hydrogen-bond donors (Lipinski definition) is 0. The van der Waals surface area contributed by atoms with Crippen molar-refractivity contribution < 1.29 is 9.53 Å². The minimum Gasteiger partial charge on any atom is -0.463 e. The molecule has 0 N–H and O–H groups in total. The number of esters is 1. The second kappa shape index (κ2) is 19.3. The van der Waals surface area contributed by atoms with Crippen LogP contribution in [0, 0.1) is 5.92 Å². The molecule has 0 amide bonds. The Kier molecular flexibility index (Phi) is 18.5. The van der Waals surface area contributed by atoms with Gasteiger partial charge in [-0.15, -0.1) is 0 Å². The molecular weight excluding hydrogens is 308 g/mol. The molecule has 2 heteroatoms. The van der Waals surface area contributed by atoms with Crippen molar-refractivity contribution in [3.05, 3.63) is 24.8 Å². The Labute approximate surface area is 157 Å². The van der Waals surface area contributed by atoms with E-state index in [4.69, 9.17) is 4.74 Å². The van der Waals surface area contributed by atoms with Crippen LogP contribution in [0.3, 0.4) is 0 Å². The third-order valence-electron chi connectivity index (χ3n) is 4.75. The number of hydrogen-bond acceptors (Lipinski definition) is 2. The van der Waals surface area contributed by atoms with Crippen LogP contribution < -0.4 is 0 Å². The number of carbonyl (C=O) groups is 1. The maximum atomic E-state index is 10.9. The fourth-order valence-corrected chi connectivity index (χ4v) is 3.29. The van der Waals surface area contributed by atoms with Gasteiger partial charge in [-0.1, -0.05) is 96.8 Å². The Morgan fingerprint density at radius 1 is 0.880 bits per heavy atom. The lowest BCUT2D eigenvalue weighted by Crippen LogP contribution is -2.01. The molecule has 0 heterocycles. The Balaban J connectivity index is 3.51. The molecule has 0 aromatic heterocycles. The van der Waals surface area contributed by atoms with Crippen molar-refractivity contribution in [2.45, 2.75) is 104 Å². The molecule has 1 unspecified atom stereocenters. The van der Waals surface area contributed by atoms with Crippen LogP contribution in [0.5, 0.6) is 0 Å². The van der Waals surface area contributed by atoms with E-state index in [2.05, 4.69) is 32.6 Å². The van der Waals surface area contributed by atoms with E-state index in [0.29, 0.717) is 6.61 Å². The number of ether oxygens (including phenoxy) is 1. The first-order valence-corrected chi connectivity index (χ1v) is 10.7. The highest BCUT2D eigenvalue weighted by atomic mass is 16.5. The largest absolute Gasteiger partial charge is 0.463 e. The maximum absolute atomic E-state index is 10.9. The Hall–Kier alpha value is -1.05. The SMILES string of the molecule is C=CC(=O)OCCCCCCCCC(CCC)CCCCC=CCC. The molecule has 0 aromatic rings. The average molecular weight is 351 g/mol. The third kappa shape index (κ3) is 17.6. The predicted molar refractivity (Wildman–Crippen MR) is 110 cm³/mol. The Morgan fingerprint density at radius 3 is 2.16 bits per heavy atom. The maximum Gasteiger partial charge on any atom is 0.330 e. The number of rotatable bonds is 18. The summed E-state index contributed by atoms with van der Waals surface area (Å²) in [5.74, 6) is 0.641. The van der Waals surface area contributed by atoms with Gasteiger partial charge in [0.25, 0.3) is 0 Å². The monoisotopic (exact) mass is 350 g/mol. The van der Waals surface area contributed by atoms with Crippen molar-refractivity contribution in [2.24, 2.45) is 5.92 Å². The van der Waals surface area contributed by atoms with Crippen LogP contribution >= 0.6 is 0 Å². The number of allylic oxidation sites excluding steroid dienone is 2. The molecule has 0 aliphatic carbocycles. The highest BCUT2D eigenvalue weighted by Crippen LogP contribution is 2.22. The van der Waals surface area contributed by atoms with Gasteiger partial charge in [0, 0.05) is 6.08 Å². The van der Waals surface area contributed by atoms with Crippen LogP contribution in [-0.4, -0.2) is 12.6 Å². The van der Waals surface area contributed by atoms with E-state index in [9.17, 15) is 4.79 Å². The van der Waals surface area contributed by atoms with Crippen molar-refractivity contribution in [3.8, 4) is 0 Å². The van der Waals surface area contributed by atoms with Crippen LogP contribution in [0.25, 0.3) is 0 Å². The van der Waals surface area contributed by atoms with Gasteiger partial charge >= 0.3 is 5.97 Å². The second-order valence-corrected chi connectivity index (χ2v) is 7.10. The Bertz CT molecular complexity index is 333. The molecule has 0 aliphatic heterocycles. The smallest absolute Gasteiger partial charge is 0.330 e. The predicted octanol–water partition coefficient (Wildman–Crippen LogP) is 7.39. The molecule has 1 atom stereocenters. The summed E-state index contributed by atoms with van der Waals surface area (Å²) in [6.07, 6.45) is 24.0. The number of carbonyl (C=O) groups excluding carboxylic acids is 1. The summed E-state index contributed by atoms with van der Waals surface area (Å²) >= 11 is 0. The first-order chi connectivity index (χ1) is 12.2. The van der Waals surface area contributed by atoms with Gasteiger partial charge in [-0.25, -0.2) is 4.79 Å². The quantitative estimate of drug-likeness (QED) is 0.111. The topological polar surface area (TPSA) is 26.3 Å². The first-order valence-electron chi connectivity index (χ1n) is 10.7. The summed E-state index contributed by atoms with van der Waals surface area (Å²) in [6.45, 7) is 8.45. The van der Waals surface area contributed by atoms with E-state index in [-0.39, 0.29) is 5.97 Å². The van der Waals surface area contributed by atoms with Gasteiger partial charge in [-0.05, 0) is 31.6 Å². The summed E-state index contributed by atoms with van der Waals surface area (Å²) in [4.78, 5) is 10.9. The molecule has 0 spiro atoms. The van der Waals surface area contributed by atoms with Crippen LogP contribution in [-0.2, 0) is 9.53 Å². The second-order valence-electron chi connectivity index (χ2n) is 7.10. The van der Waals surface area contributed by atoms with Crippen molar-refractivity contribution in [3.63, 3.8) is 0 Å². The van der Waals surface area contributed by atoms with E-state index in [0.717, 1.165) is 18.8 Å². The van der Waals surface area contributed by atoms with Crippen LogP contribution in [0.2, 0.25) is 0 Å². The lowest BCUT2D eigenvalue weighted by Gasteiger charge is -2.15. The van der Waals surface area contributed by atoms with E-state index in [1.165, 1.54) is 83.1 Å². The van der Waals surface area contributed by atoms with Crippen molar-refractivity contribution in [1.82, 2.24) is 0 Å². The first kappa shape index (κ1) is 23.9. The van der Waals surface area contributed by atoms with E-state index in [1.54, 1.807) is 0 Å². The summed E-state index contributed by atoms with van der Waals surface area (Å²) in [6, 6.07) is 0. The van der Waals surface area contributed by atoms with Crippen molar-refractivity contribution in [2.75, 3.05) is 6.61 Å². The number of unbranched alkanes of at least 4 members (excludes halogenated alkanes) is 7. The molecule has 0 rings (SSSR count). The summed E-state index contributed by atoms with van der Waals surface area (Å²) in [5, 5.41) is 0. The van der Waals surface area contributed by atoms with Gasteiger partial charge in [0.05, 0.1) is 6.61 Å². The fraction of sp³-hybridized carbons (Fsp3) is 0.783. The summed E-state index contributed by atoms with van der Waals surface area (Å²) in [5.41, 5.74) is 0. The van der Waals surface area contributed by atoms with Crippen molar-refractivity contribution in [1.29, 1.82) is 0 Å². The highest BCUT2D eigenvalue weighted by Gasteiger charge is 2.07. The average Bonchev–Trinajstić information content (AvgIpc) is 2.62. The molecule has 0 bridgehead atoms. The molecule has 0 saturated carbocycles. The molecule has 0 aromatic carbocycles. The van der Waals surface area contributed by atoms with Gasteiger partial charge < -0.3 is 4.74 Å².